The van der Waals surface area contributed by atoms with E-state index < -0.39 is 0 Å². The number of ether oxygens (including phenoxy) is 1. The van der Waals surface area contributed by atoms with E-state index in [9.17, 15) is 0 Å². The third-order valence-corrected chi connectivity index (χ3v) is 2.65. The summed E-state index contributed by atoms with van der Waals surface area (Å²) in [6, 6.07) is 7.50. The standard InChI is InChI=1S/C13H17N3O2/c1-3-17-8-11(14)12-15-13(18-16-12)10-7-5-4-6-9(10)2/h4-7,11H,3,8,14H2,1-2H3. The first-order valence-corrected chi connectivity index (χ1v) is 5.95. The molecule has 0 bridgehead atoms. The van der Waals surface area contributed by atoms with Crippen molar-refractivity contribution in [1.29, 1.82) is 0 Å². The Morgan fingerprint density at radius 2 is 2.17 bits per heavy atom. The molecule has 2 rings (SSSR count). The minimum atomic E-state index is -0.355. The van der Waals surface area contributed by atoms with E-state index in [-0.39, 0.29) is 6.04 Å². The van der Waals surface area contributed by atoms with Gasteiger partial charge in [-0.1, -0.05) is 23.4 Å². The van der Waals surface area contributed by atoms with Crippen LogP contribution in [0.15, 0.2) is 28.8 Å². The van der Waals surface area contributed by atoms with Gasteiger partial charge in [-0.3, -0.25) is 0 Å². The van der Waals surface area contributed by atoms with Gasteiger partial charge in [0, 0.05) is 12.2 Å². The van der Waals surface area contributed by atoms with Gasteiger partial charge in [0.15, 0.2) is 5.82 Å². The number of rotatable bonds is 5. The first-order valence-electron chi connectivity index (χ1n) is 5.95. The summed E-state index contributed by atoms with van der Waals surface area (Å²) in [7, 11) is 0. The van der Waals surface area contributed by atoms with Gasteiger partial charge in [0.25, 0.3) is 5.89 Å². The highest BCUT2D eigenvalue weighted by Gasteiger charge is 2.16. The second kappa shape index (κ2) is 5.75. The van der Waals surface area contributed by atoms with E-state index in [0.717, 1.165) is 11.1 Å². The van der Waals surface area contributed by atoms with Crippen LogP contribution in [0.1, 0.15) is 24.4 Å². The summed E-state index contributed by atoms with van der Waals surface area (Å²) in [5.74, 6) is 0.969. The van der Waals surface area contributed by atoms with Crippen molar-refractivity contribution < 1.29 is 9.26 Å². The molecule has 5 nitrogen and oxygen atoms in total. The molecule has 18 heavy (non-hydrogen) atoms. The highest BCUT2D eigenvalue weighted by Crippen LogP contribution is 2.22. The smallest absolute Gasteiger partial charge is 0.258 e. The molecule has 0 aliphatic rings. The van der Waals surface area contributed by atoms with Crippen molar-refractivity contribution in [2.24, 2.45) is 5.73 Å². The van der Waals surface area contributed by atoms with Gasteiger partial charge >= 0.3 is 0 Å². The Kier molecular flexibility index (Phi) is 4.07. The summed E-state index contributed by atoms with van der Waals surface area (Å²) in [6.07, 6.45) is 0. The Morgan fingerprint density at radius 1 is 1.39 bits per heavy atom. The quantitative estimate of drug-likeness (QED) is 0.875. The minimum Gasteiger partial charge on any atom is -0.380 e. The SMILES string of the molecule is CCOCC(N)c1noc(-c2ccccc2C)n1. The predicted octanol–water partition coefficient (Wildman–Crippen LogP) is 2.08. The molecule has 0 radical (unpaired) electrons. The molecule has 2 N–H and O–H groups in total. The highest BCUT2D eigenvalue weighted by atomic mass is 16.5. The lowest BCUT2D eigenvalue weighted by molar-refractivity contribution is 0.130. The molecule has 0 aliphatic heterocycles. The normalized spacial score (nSPS) is 12.6. The van der Waals surface area contributed by atoms with Crippen LogP contribution in [0.25, 0.3) is 11.5 Å². The number of benzene rings is 1. The van der Waals surface area contributed by atoms with Crippen molar-refractivity contribution in [2.45, 2.75) is 19.9 Å². The second-order valence-corrected chi connectivity index (χ2v) is 4.04. The van der Waals surface area contributed by atoms with Crippen LogP contribution in [0.4, 0.5) is 0 Å². The molecule has 2 aromatic rings. The van der Waals surface area contributed by atoms with Gasteiger partial charge in [-0.2, -0.15) is 4.98 Å². The summed E-state index contributed by atoms with van der Waals surface area (Å²) < 4.78 is 10.5. The zero-order valence-electron chi connectivity index (χ0n) is 10.6. The fraction of sp³-hybridized carbons (Fsp3) is 0.385. The predicted molar refractivity (Wildman–Crippen MR) is 67.9 cm³/mol. The summed E-state index contributed by atoms with van der Waals surface area (Å²) in [6.45, 7) is 4.93. The molecule has 1 heterocycles. The second-order valence-electron chi connectivity index (χ2n) is 4.04. The Labute approximate surface area is 106 Å². The third kappa shape index (κ3) is 2.75. The lowest BCUT2D eigenvalue weighted by atomic mass is 10.1. The van der Waals surface area contributed by atoms with Gasteiger partial charge in [-0.25, -0.2) is 0 Å². The van der Waals surface area contributed by atoms with Gasteiger partial charge in [-0.15, -0.1) is 0 Å². The molecule has 0 aliphatic carbocycles. The van der Waals surface area contributed by atoms with Gasteiger partial charge in [-0.05, 0) is 25.5 Å². The Hall–Kier alpha value is -1.72. The summed E-state index contributed by atoms with van der Waals surface area (Å²) in [5, 5.41) is 3.90. The van der Waals surface area contributed by atoms with E-state index in [0.29, 0.717) is 24.9 Å². The number of hydrogen-bond acceptors (Lipinski definition) is 5. The van der Waals surface area contributed by atoms with Gasteiger partial charge in [0.1, 0.15) is 0 Å². The van der Waals surface area contributed by atoms with Crippen molar-refractivity contribution >= 4 is 0 Å². The van der Waals surface area contributed by atoms with Crippen LogP contribution in [0.2, 0.25) is 0 Å². The van der Waals surface area contributed by atoms with Crippen LogP contribution < -0.4 is 5.73 Å². The molecule has 0 saturated carbocycles. The van der Waals surface area contributed by atoms with Gasteiger partial charge in [0.2, 0.25) is 0 Å². The molecule has 1 unspecified atom stereocenters. The van der Waals surface area contributed by atoms with Crippen LogP contribution in [0.5, 0.6) is 0 Å². The summed E-state index contributed by atoms with van der Waals surface area (Å²) in [4.78, 5) is 4.31. The number of nitrogens with two attached hydrogens (primary N) is 1. The van der Waals surface area contributed by atoms with E-state index in [1.165, 1.54) is 0 Å². The molecule has 1 aromatic carbocycles. The lowest BCUT2D eigenvalue weighted by Crippen LogP contribution is -2.18. The average Bonchev–Trinajstić information content (AvgIpc) is 2.86. The maximum absolute atomic E-state index is 5.90. The maximum Gasteiger partial charge on any atom is 0.258 e. The van der Waals surface area contributed by atoms with E-state index >= 15 is 0 Å². The molecule has 0 saturated heterocycles. The topological polar surface area (TPSA) is 74.2 Å². The molecule has 5 heteroatoms. The van der Waals surface area contributed by atoms with Crippen molar-refractivity contribution in [3.05, 3.63) is 35.7 Å². The van der Waals surface area contributed by atoms with E-state index in [2.05, 4.69) is 10.1 Å². The van der Waals surface area contributed by atoms with Crippen LogP contribution >= 0.6 is 0 Å². The van der Waals surface area contributed by atoms with Gasteiger partial charge in [0.05, 0.1) is 12.6 Å². The Balaban J connectivity index is 2.18. The Bertz CT molecular complexity index is 510. The van der Waals surface area contributed by atoms with Crippen molar-refractivity contribution in [3.63, 3.8) is 0 Å². The molecule has 0 amide bonds. The first kappa shape index (κ1) is 12.7. The largest absolute Gasteiger partial charge is 0.380 e. The molecular weight excluding hydrogens is 230 g/mol. The summed E-state index contributed by atoms with van der Waals surface area (Å²) in [5.41, 5.74) is 7.92. The highest BCUT2D eigenvalue weighted by molar-refractivity contribution is 5.57. The molecule has 1 aromatic heterocycles. The number of aryl methyl sites for hydroxylation is 1. The third-order valence-electron chi connectivity index (χ3n) is 2.65. The summed E-state index contributed by atoms with van der Waals surface area (Å²) >= 11 is 0. The molecule has 1 atom stereocenters. The van der Waals surface area contributed by atoms with E-state index in [1.807, 2.05) is 38.1 Å². The zero-order chi connectivity index (χ0) is 13.0. The monoisotopic (exact) mass is 247 g/mol. The fourth-order valence-corrected chi connectivity index (χ4v) is 1.63. The fourth-order valence-electron chi connectivity index (χ4n) is 1.63. The molecule has 0 fully saturated rings. The van der Waals surface area contributed by atoms with Crippen molar-refractivity contribution in [1.82, 2.24) is 10.1 Å². The van der Waals surface area contributed by atoms with Crippen molar-refractivity contribution in [3.8, 4) is 11.5 Å². The van der Waals surface area contributed by atoms with Crippen LogP contribution in [0, 0.1) is 6.92 Å². The van der Waals surface area contributed by atoms with Crippen LogP contribution in [0.3, 0.4) is 0 Å². The lowest BCUT2D eigenvalue weighted by Gasteiger charge is -2.05. The zero-order valence-corrected chi connectivity index (χ0v) is 10.6. The van der Waals surface area contributed by atoms with Gasteiger partial charge < -0.3 is 15.0 Å². The number of nitrogens with zero attached hydrogens (tertiary/aromatic N) is 2. The Morgan fingerprint density at radius 3 is 2.89 bits per heavy atom. The first-order chi connectivity index (χ1) is 8.72. The van der Waals surface area contributed by atoms with Crippen molar-refractivity contribution in [2.75, 3.05) is 13.2 Å². The van der Waals surface area contributed by atoms with E-state index in [4.69, 9.17) is 15.0 Å². The van der Waals surface area contributed by atoms with Crippen LogP contribution in [-0.4, -0.2) is 23.4 Å². The van der Waals surface area contributed by atoms with E-state index in [1.54, 1.807) is 0 Å². The number of hydrogen-bond donors (Lipinski definition) is 1. The maximum atomic E-state index is 5.90. The molecule has 0 spiro atoms. The number of aromatic nitrogens is 2. The average molecular weight is 247 g/mol. The minimum absolute atomic E-state index is 0.355. The molecular formula is C13H17N3O2. The molecule has 96 valence electrons. The van der Waals surface area contributed by atoms with Crippen LogP contribution in [-0.2, 0) is 4.74 Å².